The SMILES string of the molecule is O=C(CN1C(=O)S/C(=C\c2cc(N=Nc3cccc4ccccc34)ccc2O)C1=O)N1CCCC1. The number of thioether (sulfide) groups is 1. The van der Waals surface area contributed by atoms with Gasteiger partial charge >= 0.3 is 0 Å². The minimum Gasteiger partial charge on any atom is -0.507 e. The highest BCUT2D eigenvalue weighted by atomic mass is 32.2. The number of likely N-dealkylation sites (tertiary alicyclic amines) is 1. The molecule has 2 saturated heterocycles. The van der Waals surface area contributed by atoms with Crippen molar-refractivity contribution in [1.82, 2.24) is 9.80 Å². The Hall–Kier alpha value is -3.98. The maximum Gasteiger partial charge on any atom is 0.294 e. The standard InChI is InChI=1S/C26H22N4O4S/c31-22-11-10-19(27-28-21-9-5-7-17-6-1-2-8-20(17)21)14-18(22)15-23-25(33)30(26(34)35-23)16-24(32)29-12-3-4-13-29/h1-2,5-11,14-15,31H,3-4,12-13,16H2/b23-15-,28-27?. The van der Waals surface area contributed by atoms with E-state index >= 15 is 0 Å². The van der Waals surface area contributed by atoms with E-state index in [4.69, 9.17) is 0 Å². The molecule has 2 aliphatic heterocycles. The molecule has 3 amide bonds. The van der Waals surface area contributed by atoms with Crippen LogP contribution in [-0.4, -0.2) is 51.6 Å². The number of carbonyl (C=O) groups excluding carboxylic acids is 3. The van der Waals surface area contributed by atoms with Crippen molar-refractivity contribution < 1.29 is 19.5 Å². The first-order valence-corrected chi connectivity index (χ1v) is 12.1. The van der Waals surface area contributed by atoms with Gasteiger partial charge in [-0.05, 0) is 60.3 Å². The molecule has 0 aromatic heterocycles. The molecule has 0 unspecified atom stereocenters. The van der Waals surface area contributed by atoms with Gasteiger partial charge in [-0.3, -0.25) is 19.3 Å². The van der Waals surface area contributed by atoms with Crippen LogP contribution < -0.4 is 0 Å². The van der Waals surface area contributed by atoms with E-state index < -0.39 is 11.1 Å². The van der Waals surface area contributed by atoms with Crippen molar-refractivity contribution in [3.8, 4) is 5.75 Å². The fraction of sp³-hybridized carbons (Fsp3) is 0.192. The van der Waals surface area contributed by atoms with Crippen LogP contribution in [0.25, 0.3) is 16.8 Å². The Bertz CT molecular complexity index is 1390. The topological polar surface area (TPSA) is 103 Å². The highest BCUT2D eigenvalue weighted by molar-refractivity contribution is 8.18. The highest BCUT2D eigenvalue weighted by Crippen LogP contribution is 2.35. The molecule has 1 N–H and O–H groups in total. The molecule has 0 atom stereocenters. The summed E-state index contributed by atoms with van der Waals surface area (Å²) in [5, 5.41) is 20.5. The number of phenols is 1. The van der Waals surface area contributed by atoms with Gasteiger partial charge in [0.25, 0.3) is 11.1 Å². The van der Waals surface area contributed by atoms with Crippen LogP contribution in [0.2, 0.25) is 0 Å². The summed E-state index contributed by atoms with van der Waals surface area (Å²) < 4.78 is 0. The molecule has 2 fully saturated rings. The average Bonchev–Trinajstić information content (AvgIpc) is 3.49. The number of hydrogen-bond donors (Lipinski definition) is 1. The summed E-state index contributed by atoms with van der Waals surface area (Å²) in [5.41, 5.74) is 1.52. The van der Waals surface area contributed by atoms with Crippen molar-refractivity contribution in [3.05, 3.63) is 71.1 Å². The van der Waals surface area contributed by atoms with Crippen molar-refractivity contribution in [1.29, 1.82) is 0 Å². The third kappa shape index (κ3) is 4.81. The number of rotatable bonds is 5. The number of aromatic hydroxyl groups is 1. The zero-order valence-electron chi connectivity index (χ0n) is 18.8. The van der Waals surface area contributed by atoms with E-state index in [2.05, 4.69) is 10.2 Å². The molecular formula is C26H22N4O4S. The Morgan fingerprint density at radius 2 is 1.77 bits per heavy atom. The average molecular weight is 487 g/mol. The van der Waals surface area contributed by atoms with Crippen molar-refractivity contribution in [2.75, 3.05) is 19.6 Å². The summed E-state index contributed by atoms with van der Waals surface area (Å²) in [5.74, 6) is -0.839. The second-order valence-corrected chi connectivity index (χ2v) is 9.29. The molecule has 0 radical (unpaired) electrons. The maximum atomic E-state index is 12.8. The third-order valence-corrected chi connectivity index (χ3v) is 6.87. The van der Waals surface area contributed by atoms with E-state index in [1.807, 2.05) is 42.5 Å². The lowest BCUT2D eigenvalue weighted by molar-refractivity contribution is -0.135. The third-order valence-electron chi connectivity index (χ3n) is 5.96. The Morgan fingerprint density at radius 1 is 1.00 bits per heavy atom. The second kappa shape index (κ2) is 9.71. The summed E-state index contributed by atoms with van der Waals surface area (Å²) in [6.07, 6.45) is 3.31. The molecule has 8 nitrogen and oxygen atoms in total. The predicted molar refractivity (Wildman–Crippen MR) is 135 cm³/mol. The van der Waals surface area contributed by atoms with Gasteiger partial charge in [0.05, 0.1) is 16.3 Å². The minimum absolute atomic E-state index is 0.0611. The van der Waals surface area contributed by atoms with Crippen molar-refractivity contribution in [2.45, 2.75) is 12.8 Å². The molecule has 0 spiro atoms. The van der Waals surface area contributed by atoms with Gasteiger partial charge < -0.3 is 10.0 Å². The number of benzene rings is 3. The Morgan fingerprint density at radius 3 is 2.60 bits per heavy atom. The quantitative estimate of drug-likeness (QED) is 0.372. The zero-order valence-corrected chi connectivity index (χ0v) is 19.6. The molecule has 5 rings (SSSR count). The van der Waals surface area contributed by atoms with Crippen LogP contribution in [0.5, 0.6) is 5.75 Å². The number of fused-ring (bicyclic) bond motifs is 1. The summed E-state index contributed by atoms with van der Waals surface area (Å²) in [6, 6.07) is 18.3. The fourth-order valence-electron chi connectivity index (χ4n) is 4.11. The van der Waals surface area contributed by atoms with Gasteiger partial charge in [-0.2, -0.15) is 5.11 Å². The summed E-state index contributed by atoms with van der Waals surface area (Å²) in [4.78, 5) is 40.4. The van der Waals surface area contributed by atoms with Gasteiger partial charge in [-0.25, -0.2) is 0 Å². The van der Waals surface area contributed by atoms with Gasteiger partial charge in [0.1, 0.15) is 12.3 Å². The number of amides is 3. The number of nitrogens with zero attached hydrogens (tertiary/aromatic N) is 4. The monoisotopic (exact) mass is 486 g/mol. The molecule has 0 saturated carbocycles. The number of hydrogen-bond acceptors (Lipinski definition) is 7. The number of carbonyl (C=O) groups is 3. The molecule has 176 valence electrons. The van der Waals surface area contributed by atoms with Crippen LogP contribution in [0.1, 0.15) is 18.4 Å². The summed E-state index contributed by atoms with van der Waals surface area (Å²) >= 11 is 0.750. The predicted octanol–water partition coefficient (Wildman–Crippen LogP) is 5.62. The van der Waals surface area contributed by atoms with Crippen molar-refractivity contribution >= 4 is 57.0 Å². The Kier molecular flexibility index (Phi) is 6.33. The summed E-state index contributed by atoms with van der Waals surface area (Å²) in [7, 11) is 0. The van der Waals surface area contributed by atoms with Crippen molar-refractivity contribution in [2.24, 2.45) is 10.2 Å². The lowest BCUT2D eigenvalue weighted by Gasteiger charge is -2.18. The molecule has 2 heterocycles. The number of azo groups is 1. The van der Waals surface area contributed by atoms with Crippen LogP contribution in [0.3, 0.4) is 0 Å². The van der Waals surface area contributed by atoms with Crippen LogP contribution in [0, 0.1) is 0 Å². The van der Waals surface area contributed by atoms with E-state index in [0.717, 1.165) is 40.3 Å². The zero-order chi connectivity index (χ0) is 24.4. The Labute approximate surface area is 205 Å². The molecule has 3 aromatic carbocycles. The van der Waals surface area contributed by atoms with Crippen molar-refractivity contribution in [3.63, 3.8) is 0 Å². The molecule has 9 heteroatoms. The van der Waals surface area contributed by atoms with Gasteiger partial charge in [0.2, 0.25) is 5.91 Å². The van der Waals surface area contributed by atoms with E-state index in [-0.39, 0.29) is 23.1 Å². The molecule has 2 aliphatic rings. The van der Waals surface area contributed by atoms with Gasteiger partial charge in [-0.1, -0.05) is 36.4 Å². The molecular weight excluding hydrogens is 464 g/mol. The largest absolute Gasteiger partial charge is 0.507 e. The van der Waals surface area contributed by atoms with Crippen LogP contribution >= 0.6 is 11.8 Å². The molecule has 35 heavy (non-hydrogen) atoms. The lowest BCUT2D eigenvalue weighted by Crippen LogP contribution is -2.40. The number of phenolic OH excluding ortho intramolecular Hbond substituents is 1. The normalized spacial score (nSPS) is 17.4. The van der Waals surface area contributed by atoms with Gasteiger partial charge in [-0.15, -0.1) is 5.11 Å². The minimum atomic E-state index is -0.547. The van der Waals surface area contributed by atoms with Gasteiger partial charge in [0.15, 0.2) is 0 Å². The Balaban J connectivity index is 1.36. The first-order chi connectivity index (χ1) is 17.0. The lowest BCUT2D eigenvalue weighted by atomic mass is 10.1. The van der Waals surface area contributed by atoms with Crippen LogP contribution in [0.4, 0.5) is 16.2 Å². The fourth-order valence-corrected chi connectivity index (χ4v) is 4.94. The molecule has 0 bridgehead atoms. The number of imide groups is 1. The maximum absolute atomic E-state index is 12.8. The van der Waals surface area contributed by atoms with E-state index in [1.54, 1.807) is 17.0 Å². The second-order valence-electron chi connectivity index (χ2n) is 8.30. The first-order valence-electron chi connectivity index (χ1n) is 11.3. The van der Waals surface area contributed by atoms with E-state index in [9.17, 15) is 19.5 Å². The molecule has 0 aliphatic carbocycles. The van der Waals surface area contributed by atoms with Gasteiger partial charge in [0, 0.05) is 24.0 Å². The smallest absolute Gasteiger partial charge is 0.294 e. The first kappa shape index (κ1) is 22.8. The van der Waals surface area contributed by atoms with E-state index in [1.165, 1.54) is 12.1 Å². The van der Waals surface area contributed by atoms with Crippen LogP contribution in [-0.2, 0) is 9.59 Å². The van der Waals surface area contributed by atoms with E-state index in [0.29, 0.717) is 30.0 Å². The summed E-state index contributed by atoms with van der Waals surface area (Å²) in [6.45, 7) is 1.03. The molecule has 3 aromatic rings. The van der Waals surface area contributed by atoms with Crippen LogP contribution in [0.15, 0.2) is 75.8 Å². The highest BCUT2D eigenvalue weighted by Gasteiger charge is 2.37.